The second-order valence-electron chi connectivity index (χ2n) is 10.0. The molecule has 2 amide bonds. The molecule has 222 valence electrons. The van der Waals surface area contributed by atoms with Gasteiger partial charge in [0.1, 0.15) is 11.9 Å². The molecule has 0 bridgehead atoms. The van der Waals surface area contributed by atoms with Crippen molar-refractivity contribution < 1.29 is 27.2 Å². The molecule has 7 nitrogen and oxygen atoms in total. The lowest BCUT2D eigenvalue weighted by Crippen LogP contribution is -2.40. The third-order valence-corrected chi connectivity index (χ3v) is 6.95. The van der Waals surface area contributed by atoms with Crippen molar-refractivity contribution in [3.63, 3.8) is 0 Å². The minimum atomic E-state index is -4.84. The predicted octanol–water partition coefficient (Wildman–Crippen LogP) is 5.83. The molecule has 0 spiro atoms. The number of nitrogens with two attached hydrogens (primary N) is 1. The van der Waals surface area contributed by atoms with Crippen molar-refractivity contribution in [2.24, 2.45) is 0 Å². The normalized spacial score (nSPS) is 15.0. The Bertz CT molecular complexity index is 1400. The third-order valence-electron chi connectivity index (χ3n) is 6.95. The summed E-state index contributed by atoms with van der Waals surface area (Å²) in [5, 5.41) is 8.47. The summed E-state index contributed by atoms with van der Waals surface area (Å²) < 4.78 is 53.0. The second kappa shape index (κ2) is 14.1. The lowest BCUT2D eigenvalue weighted by molar-refractivity contribution is -0.140. The molecule has 1 aliphatic heterocycles. The topological polar surface area (TPSA) is 99.5 Å². The van der Waals surface area contributed by atoms with Gasteiger partial charge in [-0.1, -0.05) is 42.8 Å². The van der Waals surface area contributed by atoms with Crippen LogP contribution in [0.5, 0.6) is 0 Å². The van der Waals surface area contributed by atoms with E-state index in [-0.39, 0.29) is 11.6 Å². The Labute approximate surface area is 241 Å². The number of alkyl halides is 3. The number of para-hydroxylation sites is 2. The van der Waals surface area contributed by atoms with Crippen molar-refractivity contribution in [2.75, 3.05) is 42.5 Å². The number of carbonyl (C=O) groups excluding carboxylic acids is 2. The van der Waals surface area contributed by atoms with Crippen molar-refractivity contribution in [3.8, 4) is 0 Å². The number of benzene rings is 3. The molecule has 0 aliphatic carbocycles. The van der Waals surface area contributed by atoms with Crippen LogP contribution in [0.4, 0.5) is 34.6 Å². The highest BCUT2D eigenvalue weighted by atomic mass is 19.4. The molecule has 0 aromatic heterocycles. The Kier molecular flexibility index (Phi) is 10.3. The van der Waals surface area contributed by atoms with Crippen LogP contribution in [0.3, 0.4) is 0 Å². The number of piperidine rings is 1. The highest BCUT2D eigenvalue weighted by molar-refractivity contribution is 6.03. The minimum Gasteiger partial charge on any atom is -0.397 e. The molecule has 11 heteroatoms. The van der Waals surface area contributed by atoms with Gasteiger partial charge in [0.15, 0.2) is 0 Å². The summed E-state index contributed by atoms with van der Waals surface area (Å²) in [7, 11) is 0. The van der Waals surface area contributed by atoms with Crippen LogP contribution in [0.1, 0.15) is 42.0 Å². The van der Waals surface area contributed by atoms with Crippen LogP contribution in [0.2, 0.25) is 0 Å². The van der Waals surface area contributed by atoms with E-state index >= 15 is 0 Å². The van der Waals surface area contributed by atoms with Crippen LogP contribution in [0.25, 0.3) is 6.08 Å². The standard InChI is InChI=1S/C31H33F4N5O2/c32-25-20-23(13-14-24(25)31(33,34)35)38-30(42)29(37-16-19-40-17-4-1-5-18-40)22-11-8-21(9-12-22)10-15-28(41)39-27-7-3-2-6-26(27)36/h2-3,6-15,20,29,37H,1,4-5,16-19,36H2,(H,38,42)(H,39,41)/b15-10+. The first-order chi connectivity index (χ1) is 20.1. The second-order valence-corrected chi connectivity index (χ2v) is 10.0. The molecule has 5 N–H and O–H groups in total. The molecule has 0 saturated carbocycles. The van der Waals surface area contributed by atoms with Gasteiger partial charge in [-0.3, -0.25) is 9.59 Å². The zero-order chi connectivity index (χ0) is 30.1. The molecule has 1 heterocycles. The molecule has 0 radical (unpaired) electrons. The number of nitrogen functional groups attached to an aromatic ring is 1. The Morgan fingerprint density at radius 2 is 1.67 bits per heavy atom. The Hall–Kier alpha value is -4.22. The van der Waals surface area contributed by atoms with Crippen molar-refractivity contribution in [3.05, 3.63) is 95.3 Å². The number of likely N-dealkylation sites (tertiary alicyclic amines) is 1. The van der Waals surface area contributed by atoms with E-state index in [4.69, 9.17) is 5.73 Å². The summed E-state index contributed by atoms with van der Waals surface area (Å²) in [5.41, 5.74) is 6.61. The summed E-state index contributed by atoms with van der Waals surface area (Å²) in [6, 6.07) is 15.2. The van der Waals surface area contributed by atoms with Gasteiger partial charge >= 0.3 is 6.18 Å². The van der Waals surface area contributed by atoms with E-state index in [1.807, 2.05) is 0 Å². The number of nitrogens with one attached hydrogen (secondary N) is 3. The Morgan fingerprint density at radius 3 is 2.33 bits per heavy atom. The maximum absolute atomic E-state index is 14.1. The van der Waals surface area contributed by atoms with Gasteiger partial charge in [-0.25, -0.2) is 4.39 Å². The molecule has 1 fully saturated rings. The number of rotatable bonds is 10. The van der Waals surface area contributed by atoms with Gasteiger partial charge in [0, 0.05) is 24.9 Å². The maximum atomic E-state index is 14.1. The fourth-order valence-electron chi connectivity index (χ4n) is 4.71. The molecular weight excluding hydrogens is 550 g/mol. The minimum absolute atomic E-state index is 0.0852. The molecule has 3 aromatic carbocycles. The Balaban J connectivity index is 1.45. The van der Waals surface area contributed by atoms with E-state index < -0.39 is 29.5 Å². The third kappa shape index (κ3) is 8.64. The van der Waals surface area contributed by atoms with E-state index in [2.05, 4.69) is 20.9 Å². The number of halogens is 4. The molecule has 1 saturated heterocycles. The van der Waals surface area contributed by atoms with E-state index in [9.17, 15) is 27.2 Å². The first-order valence-electron chi connectivity index (χ1n) is 13.7. The van der Waals surface area contributed by atoms with Gasteiger partial charge in [0.2, 0.25) is 11.8 Å². The summed E-state index contributed by atoms with van der Waals surface area (Å²) in [6.45, 7) is 3.17. The summed E-state index contributed by atoms with van der Waals surface area (Å²) >= 11 is 0. The van der Waals surface area contributed by atoms with Gasteiger partial charge in [0.25, 0.3) is 0 Å². The lowest BCUT2D eigenvalue weighted by atomic mass is 10.0. The number of hydrogen-bond acceptors (Lipinski definition) is 5. The van der Waals surface area contributed by atoms with Crippen LogP contribution in [-0.4, -0.2) is 42.9 Å². The van der Waals surface area contributed by atoms with Gasteiger partial charge in [-0.05, 0) is 73.5 Å². The van der Waals surface area contributed by atoms with Gasteiger partial charge < -0.3 is 26.6 Å². The smallest absolute Gasteiger partial charge is 0.397 e. The molecule has 3 aromatic rings. The molecule has 1 atom stereocenters. The first-order valence-corrected chi connectivity index (χ1v) is 13.7. The van der Waals surface area contributed by atoms with E-state index in [1.165, 1.54) is 12.5 Å². The van der Waals surface area contributed by atoms with Crippen LogP contribution in [0, 0.1) is 5.82 Å². The van der Waals surface area contributed by atoms with Crippen LogP contribution >= 0.6 is 0 Å². The lowest BCUT2D eigenvalue weighted by Gasteiger charge is -2.27. The Morgan fingerprint density at radius 1 is 0.952 bits per heavy atom. The van der Waals surface area contributed by atoms with Crippen molar-refractivity contribution in [1.82, 2.24) is 10.2 Å². The van der Waals surface area contributed by atoms with E-state index in [0.717, 1.165) is 38.5 Å². The number of hydrogen-bond donors (Lipinski definition) is 4. The van der Waals surface area contributed by atoms with Crippen LogP contribution in [0.15, 0.2) is 72.8 Å². The zero-order valence-electron chi connectivity index (χ0n) is 22.9. The molecular formula is C31H33F4N5O2. The number of nitrogens with zero attached hydrogens (tertiary/aromatic N) is 1. The number of anilines is 3. The summed E-state index contributed by atoms with van der Waals surface area (Å²) in [5.74, 6) is -2.38. The zero-order valence-corrected chi connectivity index (χ0v) is 22.9. The highest BCUT2D eigenvalue weighted by Crippen LogP contribution is 2.32. The van der Waals surface area contributed by atoms with Gasteiger partial charge in [-0.15, -0.1) is 0 Å². The highest BCUT2D eigenvalue weighted by Gasteiger charge is 2.34. The van der Waals surface area contributed by atoms with Gasteiger partial charge in [0.05, 0.1) is 16.9 Å². The average molecular weight is 584 g/mol. The number of amides is 2. The van der Waals surface area contributed by atoms with Crippen molar-refractivity contribution >= 4 is 35.0 Å². The summed E-state index contributed by atoms with van der Waals surface area (Å²) in [4.78, 5) is 27.9. The van der Waals surface area contributed by atoms with E-state index in [1.54, 1.807) is 54.6 Å². The quantitative estimate of drug-likeness (QED) is 0.137. The SMILES string of the molecule is Nc1ccccc1NC(=O)/C=C/c1ccc(C(NCCN2CCCCC2)C(=O)Nc2ccc(C(F)(F)F)c(F)c2)cc1. The van der Waals surface area contributed by atoms with Gasteiger partial charge in [-0.2, -0.15) is 13.2 Å². The maximum Gasteiger partial charge on any atom is 0.419 e. The fraction of sp³-hybridized carbons (Fsp3) is 0.290. The van der Waals surface area contributed by atoms with E-state index in [0.29, 0.717) is 41.2 Å². The monoisotopic (exact) mass is 583 g/mol. The first kappa shape index (κ1) is 30.7. The largest absolute Gasteiger partial charge is 0.419 e. The summed E-state index contributed by atoms with van der Waals surface area (Å²) in [6.07, 6.45) is 1.58. The fourth-order valence-corrected chi connectivity index (χ4v) is 4.71. The van der Waals surface area contributed by atoms with Crippen molar-refractivity contribution in [1.29, 1.82) is 0 Å². The molecule has 42 heavy (non-hydrogen) atoms. The molecule has 4 rings (SSSR count). The molecule has 1 unspecified atom stereocenters. The van der Waals surface area contributed by atoms with Crippen molar-refractivity contribution in [2.45, 2.75) is 31.5 Å². The number of carbonyl (C=O) groups is 2. The average Bonchev–Trinajstić information content (AvgIpc) is 2.96. The predicted molar refractivity (Wildman–Crippen MR) is 156 cm³/mol. The van der Waals surface area contributed by atoms with Crippen LogP contribution < -0.4 is 21.7 Å². The van der Waals surface area contributed by atoms with Crippen LogP contribution in [-0.2, 0) is 15.8 Å². The molecule has 1 aliphatic rings.